The van der Waals surface area contributed by atoms with Crippen molar-refractivity contribution in [2.45, 2.75) is 27.7 Å². The standard InChI is InChI=1S/C6H13NS.C2H6/c1-6(2)3-7-5-8-4-6;1-2/h7H,3-5H2,1-2H3;1-2H3. The third-order valence-electron chi connectivity index (χ3n) is 1.30. The lowest BCUT2D eigenvalue weighted by atomic mass is 9.97. The van der Waals surface area contributed by atoms with E-state index in [2.05, 4.69) is 19.2 Å². The molecule has 62 valence electrons. The average molecular weight is 161 g/mol. The summed E-state index contributed by atoms with van der Waals surface area (Å²) < 4.78 is 0. The molecule has 1 saturated heterocycles. The van der Waals surface area contributed by atoms with E-state index in [1.54, 1.807) is 0 Å². The first-order valence-electron chi connectivity index (χ1n) is 3.99. The second-order valence-corrected chi connectivity index (χ2v) is 4.07. The van der Waals surface area contributed by atoms with E-state index in [4.69, 9.17) is 0 Å². The molecule has 1 heterocycles. The molecule has 1 rings (SSSR count). The van der Waals surface area contributed by atoms with Gasteiger partial charge in [0.05, 0.1) is 0 Å². The molecular weight excluding hydrogens is 142 g/mol. The lowest BCUT2D eigenvalue weighted by molar-refractivity contribution is 0.390. The molecule has 0 bridgehead atoms. The van der Waals surface area contributed by atoms with E-state index in [1.807, 2.05) is 25.6 Å². The maximum atomic E-state index is 3.34. The molecule has 1 aliphatic heterocycles. The van der Waals surface area contributed by atoms with Crippen molar-refractivity contribution in [3.63, 3.8) is 0 Å². The number of rotatable bonds is 0. The van der Waals surface area contributed by atoms with E-state index < -0.39 is 0 Å². The Bertz CT molecular complexity index is 73.3. The van der Waals surface area contributed by atoms with Crippen molar-refractivity contribution in [2.75, 3.05) is 18.2 Å². The van der Waals surface area contributed by atoms with E-state index >= 15 is 0 Å². The first kappa shape index (κ1) is 10.3. The first-order valence-corrected chi connectivity index (χ1v) is 5.15. The highest BCUT2D eigenvalue weighted by atomic mass is 32.2. The zero-order chi connectivity index (χ0) is 8.04. The summed E-state index contributed by atoms with van der Waals surface area (Å²) in [6.07, 6.45) is 0. The minimum Gasteiger partial charge on any atom is -0.307 e. The van der Waals surface area contributed by atoms with Crippen molar-refractivity contribution in [2.24, 2.45) is 5.41 Å². The molecular formula is C8H19NS. The maximum Gasteiger partial charge on any atom is 0.0418 e. The summed E-state index contributed by atoms with van der Waals surface area (Å²) in [5.74, 6) is 2.45. The van der Waals surface area contributed by atoms with Gasteiger partial charge in [-0.2, -0.15) is 0 Å². The number of hydrogen-bond donors (Lipinski definition) is 1. The maximum absolute atomic E-state index is 3.34. The Balaban J connectivity index is 0.000000371. The van der Waals surface area contributed by atoms with E-state index in [0.29, 0.717) is 5.41 Å². The zero-order valence-corrected chi connectivity index (χ0v) is 8.35. The van der Waals surface area contributed by atoms with E-state index in [9.17, 15) is 0 Å². The largest absolute Gasteiger partial charge is 0.307 e. The van der Waals surface area contributed by atoms with Crippen LogP contribution in [0.15, 0.2) is 0 Å². The smallest absolute Gasteiger partial charge is 0.0418 e. The van der Waals surface area contributed by atoms with Crippen LogP contribution in [0.5, 0.6) is 0 Å². The van der Waals surface area contributed by atoms with Gasteiger partial charge in [-0.15, -0.1) is 11.8 Å². The van der Waals surface area contributed by atoms with Crippen LogP contribution in [0, 0.1) is 5.41 Å². The molecule has 0 unspecified atom stereocenters. The van der Waals surface area contributed by atoms with Crippen molar-refractivity contribution in [1.82, 2.24) is 5.32 Å². The molecule has 0 aliphatic carbocycles. The summed E-state index contributed by atoms with van der Waals surface area (Å²) in [6.45, 7) is 9.78. The van der Waals surface area contributed by atoms with E-state index in [1.165, 1.54) is 12.3 Å². The van der Waals surface area contributed by atoms with Gasteiger partial charge in [0, 0.05) is 18.2 Å². The molecule has 0 amide bonds. The zero-order valence-electron chi connectivity index (χ0n) is 7.53. The summed E-state index contributed by atoms with van der Waals surface area (Å²) in [4.78, 5) is 0. The predicted molar refractivity (Wildman–Crippen MR) is 50.5 cm³/mol. The summed E-state index contributed by atoms with van der Waals surface area (Å²) in [5, 5.41) is 3.34. The van der Waals surface area contributed by atoms with Crippen molar-refractivity contribution in [3.05, 3.63) is 0 Å². The van der Waals surface area contributed by atoms with Crippen molar-refractivity contribution < 1.29 is 0 Å². The fourth-order valence-corrected chi connectivity index (χ4v) is 1.84. The quantitative estimate of drug-likeness (QED) is 0.585. The minimum absolute atomic E-state index is 0.531. The van der Waals surface area contributed by atoms with Gasteiger partial charge in [-0.1, -0.05) is 27.7 Å². The van der Waals surface area contributed by atoms with Crippen LogP contribution in [0.3, 0.4) is 0 Å². The molecule has 0 atom stereocenters. The van der Waals surface area contributed by atoms with E-state index in [0.717, 1.165) is 5.88 Å². The molecule has 0 aromatic rings. The SMILES string of the molecule is CC.CC1(C)CNCSC1. The monoisotopic (exact) mass is 161 g/mol. The Morgan fingerprint density at radius 1 is 1.30 bits per heavy atom. The summed E-state index contributed by atoms with van der Waals surface area (Å²) >= 11 is 1.99. The normalized spacial score (nSPS) is 22.8. The molecule has 0 aromatic heterocycles. The number of thioether (sulfide) groups is 1. The van der Waals surface area contributed by atoms with Crippen LogP contribution in [0.1, 0.15) is 27.7 Å². The molecule has 1 nitrogen and oxygen atoms in total. The van der Waals surface area contributed by atoms with Crippen molar-refractivity contribution in [1.29, 1.82) is 0 Å². The average Bonchev–Trinajstić information content (AvgIpc) is 1.92. The lowest BCUT2D eigenvalue weighted by Gasteiger charge is -2.29. The first-order chi connectivity index (χ1) is 4.71. The van der Waals surface area contributed by atoms with Gasteiger partial charge >= 0.3 is 0 Å². The highest BCUT2D eigenvalue weighted by Crippen LogP contribution is 2.23. The van der Waals surface area contributed by atoms with Crippen LogP contribution in [-0.2, 0) is 0 Å². The van der Waals surface area contributed by atoms with Gasteiger partial charge in [0.25, 0.3) is 0 Å². The fourth-order valence-electron chi connectivity index (χ4n) is 0.840. The molecule has 0 saturated carbocycles. The van der Waals surface area contributed by atoms with Gasteiger partial charge in [0.1, 0.15) is 0 Å². The molecule has 1 fully saturated rings. The molecule has 1 N–H and O–H groups in total. The van der Waals surface area contributed by atoms with Crippen LogP contribution in [0.2, 0.25) is 0 Å². The molecule has 0 radical (unpaired) electrons. The van der Waals surface area contributed by atoms with Crippen LogP contribution < -0.4 is 5.32 Å². The Morgan fingerprint density at radius 3 is 2.10 bits per heavy atom. The second kappa shape index (κ2) is 5.03. The lowest BCUT2D eigenvalue weighted by Crippen LogP contribution is -2.36. The van der Waals surface area contributed by atoms with Crippen molar-refractivity contribution >= 4 is 11.8 Å². The van der Waals surface area contributed by atoms with Crippen LogP contribution in [0.4, 0.5) is 0 Å². The Labute approximate surface area is 69.0 Å². The topological polar surface area (TPSA) is 12.0 Å². The van der Waals surface area contributed by atoms with Gasteiger partial charge < -0.3 is 5.32 Å². The second-order valence-electron chi connectivity index (χ2n) is 3.08. The van der Waals surface area contributed by atoms with E-state index in [-0.39, 0.29) is 0 Å². The Hall–Kier alpha value is 0.310. The molecule has 2 heteroatoms. The Kier molecular flexibility index (Phi) is 5.18. The van der Waals surface area contributed by atoms with Gasteiger partial charge in [-0.3, -0.25) is 0 Å². The van der Waals surface area contributed by atoms with Gasteiger partial charge in [0.2, 0.25) is 0 Å². The number of nitrogens with one attached hydrogen (secondary N) is 1. The van der Waals surface area contributed by atoms with Gasteiger partial charge in [0.15, 0.2) is 0 Å². The minimum atomic E-state index is 0.531. The summed E-state index contributed by atoms with van der Waals surface area (Å²) in [5.41, 5.74) is 0.531. The van der Waals surface area contributed by atoms with Crippen LogP contribution in [-0.4, -0.2) is 18.2 Å². The summed E-state index contributed by atoms with van der Waals surface area (Å²) in [6, 6.07) is 0. The van der Waals surface area contributed by atoms with Gasteiger partial charge in [-0.25, -0.2) is 0 Å². The van der Waals surface area contributed by atoms with Crippen LogP contribution >= 0.6 is 11.8 Å². The number of hydrogen-bond acceptors (Lipinski definition) is 2. The third kappa shape index (κ3) is 4.18. The highest BCUT2D eigenvalue weighted by molar-refractivity contribution is 7.99. The summed E-state index contributed by atoms with van der Waals surface area (Å²) in [7, 11) is 0. The molecule has 0 aromatic carbocycles. The van der Waals surface area contributed by atoms with Crippen LogP contribution in [0.25, 0.3) is 0 Å². The third-order valence-corrected chi connectivity index (χ3v) is 2.69. The Morgan fingerprint density at radius 2 is 1.90 bits per heavy atom. The highest BCUT2D eigenvalue weighted by Gasteiger charge is 2.20. The predicted octanol–water partition coefficient (Wildman–Crippen LogP) is 2.33. The molecule has 1 aliphatic rings. The molecule has 10 heavy (non-hydrogen) atoms. The molecule has 0 spiro atoms. The van der Waals surface area contributed by atoms with Gasteiger partial charge in [-0.05, 0) is 5.41 Å². The van der Waals surface area contributed by atoms with Crippen molar-refractivity contribution in [3.8, 4) is 0 Å². The fraction of sp³-hybridized carbons (Fsp3) is 1.00.